The summed E-state index contributed by atoms with van der Waals surface area (Å²) in [6.07, 6.45) is 2.33. The number of amides is 1. The molecule has 1 aliphatic carbocycles. The monoisotopic (exact) mass is 395 g/mol. The fourth-order valence-electron chi connectivity index (χ4n) is 2.97. The Balaban J connectivity index is 0.00000243. The molecule has 2 atom stereocenters. The number of benzene rings is 2. The molecule has 2 aromatic carbocycles. The van der Waals surface area contributed by atoms with Crippen molar-refractivity contribution in [2.75, 3.05) is 10.0 Å². The second-order valence-electron chi connectivity index (χ2n) is 6.26. The van der Waals surface area contributed by atoms with Crippen molar-refractivity contribution in [3.63, 3.8) is 0 Å². The summed E-state index contributed by atoms with van der Waals surface area (Å²) >= 11 is 0. The first kappa shape index (κ1) is 20.2. The molecule has 1 fully saturated rings. The number of nitrogens with one attached hydrogen (secondary N) is 2. The van der Waals surface area contributed by atoms with Gasteiger partial charge in [-0.15, -0.1) is 12.4 Å². The lowest BCUT2D eigenvalue weighted by Gasteiger charge is -2.13. The predicted octanol–water partition coefficient (Wildman–Crippen LogP) is 2.98. The molecule has 1 amide bonds. The molecule has 0 spiro atoms. The van der Waals surface area contributed by atoms with Gasteiger partial charge < -0.3 is 11.1 Å². The number of carbonyl (C=O) groups excluding carboxylic acids is 1. The van der Waals surface area contributed by atoms with E-state index >= 15 is 0 Å². The molecule has 1 saturated carbocycles. The molecule has 4 N–H and O–H groups in total. The van der Waals surface area contributed by atoms with Crippen molar-refractivity contribution in [2.45, 2.75) is 30.2 Å². The van der Waals surface area contributed by atoms with E-state index in [0.29, 0.717) is 17.8 Å². The average molecular weight is 396 g/mol. The van der Waals surface area contributed by atoms with Crippen LogP contribution in [0.25, 0.3) is 0 Å². The Labute approximate surface area is 159 Å². The Morgan fingerprint density at radius 1 is 1.00 bits per heavy atom. The predicted molar refractivity (Wildman–Crippen MR) is 105 cm³/mol. The zero-order valence-electron chi connectivity index (χ0n) is 14.1. The normalized spacial score (nSPS) is 19.4. The summed E-state index contributed by atoms with van der Waals surface area (Å²) in [5, 5.41) is 2.84. The van der Waals surface area contributed by atoms with Crippen LogP contribution in [0.5, 0.6) is 0 Å². The molecule has 0 radical (unpaired) electrons. The van der Waals surface area contributed by atoms with Gasteiger partial charge in [-0.25, -0.2) is 8.42 Å². The Hall–Kier alpha value is -2.09. The third-order valence-corrected chi connectivity index (χ3v) is 5.68. The summed E-state index contributed by atoms with van der Waals surface area (Å²) < 4.78 is 27.3. The third kappa shape index (κ3) is 4.97. The van der Waals surface area contributed by atoms with Crippen molar-refractivity contribution < 1.29 is 13.2 Å². The lowest BCUT2D eigenvalue weighted by Crippen LogP contribution is -2.23. The number of rotatable bonds is 5. The largest absolute Gasteiger partial charge is 0.328 e. The number of sulfonamides is 1. The van der Waals surface area contributed by atoms with E-state index in [2.05, 4.69) is 10.0 Å². The van der Waals surface area contributed by atoms with Gasteiger partial charge in [0.05, 0.1) is 10.6 Å². The number of hydrogen-bond donors (Lipinski definition) is 3. The van der Waals surface area contributed by atoms with Crippen LogP contribution in [-0.2, 0) is 14.8 Å². The van der Waals surface area contributed by atoms with Gasteiger partial charge in [-0.05, 0) is 49.6 Å². The first-order chi connectivity index (χ1) is 11.9. The molecule has 0 heterocycles. The molecule has 0 bridgehead atoms. The highest BCUT2D eigenvalue weighted by molar-refractivity contribution is 7.92. The van der Waals surface area contributed by atoms with Gasteiger partial charge >= 0.3 is 0 Å². The topological polar surface area (TPSA) is 101 Å². The van der Waals surface area contributed by atoms with Crippen LogP contribution in [0.3, 0.4) is 0 Å². The van der Waals surface area contributed by atoms with Crippen molar-refractivity contribution in [3.8, 4) is 0 Å². The second kappa shape index (κ2) is 8.53. The van der Waals surface area contributed by atoms with Crippen molar-refractivity contribution in [2.24, 2.45) is 11.7 Å². The maximum absolute atomic E-state index is 12.4. The van der Waals surface area contributed by atoms with E-state index in [1.54, 1.807) is 42.5 Å². The molecule has 8 heteroatoms. The zero-order valence-corrected chi connectivity index (χ0v) is 15.7. The number of halogens is 1. The smallest absolute Gasteiger partial charge is 0.261 e. The van der Waals surface area contributed by atoms with Gasteiger partial charge in [0.2, 0.25) is 5.91 Å². The molecular formula is C18H22ClN3O3S. The zero-order chi connectivity index (χ0) is 17.9. The summed E-state index contributed by atoms with van der Waals surface area (Å²) in [6, 6.07) is 14.9. The van der Waals surface area contributed by atoms with Crippen LogP contribution < -0.4 is 15.8 Å². The van der Waals surface area contributed by atoms with Gasteiger partial charge in [-0.3, -0.25) is 9.52 Å². The highest BCUT2D eigenvalue weighted by Crippen LogP contribution is 2.26. The molecule has 26 heavy (non-hydrogen) atoms. The average Bonchev–Trinajstić information content (AvgIpc) is 3.02. The standard InChI is InChI=1S/C18H21N3O3S.ClH/c19-14-10-9-13(11-14)18(22)20-15-5-4-6-16(12-15)21-25(23,24)17-7-2-1-3-8-17;/h1-8,12-14,21H,9-11,19H2,(H,20,22);1H. The van der Waals surface area contributed by atoms with Gasteiger partial charge in [0.25, 0.3) is 10.0 Å². The van der Waals surface area contributed by atoms with E-state index in [-0.39, 0.29) is 35.2 Å². The minimum Gasteiger partial charge on any atom is -0.328 e. The van der Waals surface area contributed by atoms with E-state index in [1.807, 2.05) is 0 Å². The van der Waals surface area contributed by atoms with E-state index in [1.165, 1.54) is 12.1 Å². The Morgan fingerprint density at radius 3 is 2.35 bits per heavy atom. The minimum absolute atomic E-state index is 0. The van der Waals surface area contributed by atoms with Crippen molar-refractivity contribution in [3.05, 3.63) is 54.6 Å². The minimum atomic E-state index is -3.66. The lowest BCUT2D eigenvalue weighted by atomic mass is 10.1. The van der Waals surface area contributed by atoms with Crippen LogP contribution in [0.15, 0.2) is 59.5 Å². The highest BCUT2D eigenvalue weighted by Gasteiger charge is 2.27. The fraction of sp³-hybridized carbons (Fsp3) is 0.278. The van der Waals surface area contributed by atoms with E-state index in [0.717, 1.165) is 12.8 Å². The van der Waals surface area contributed by atoms with E-state index < -0.39 is 10.0 Å². The highest BCUT2D eigenvalue weighted by atomic mass is 35.5. The molecule has 3 rings (SSSR count). The SMILES string of the molecule is Cl.NC1CCC(C(=O)Nc2cccc(NS(=O)(=O)c3ccccc3)c2)C1. The van der Waals surface area contributed by atoms with Crippen LogP contribution in [0.1, 0.15) is 19.3 Å². The number of anilines is 2. The Morgan fingerprint density at radius 2 is 1.69 bits per heavy atom. The first-order valence-corrected chi connectivity index (χ1v) is 9.67. The van der Waals surface area contributed by atoms with Crippen molar-refractivity contribution in [1.29, 1.82) is 0 Å². The van der Waals surface area contributed by atoms with Crippen LogP contribution in [0.4, 0.5) is 11.4 Å². The summed E-state index contributed by atoms with van der Waals surface area (Å²) in [4.78, 5) is 12.5. The van der Waals surface area contributed by atoms with Crippen LogP contribution in [-0.4, -0.2) is 20.4 Å². The van der Waals surface area contributed by atoms with Crippen LogP contribution in [0.2, 0.25) is 0 Å². The van der Waals surface area contributed by atoms with Gasteiger partial charge in [0.1, 0.15) is 0 Å². The fourth-order valence-corrected chi connectivity index (χ4v) is 4.04. The third-order valence-electron chi connectivity index (χ3n) is 4.28. The maximum Gasteiger partial charge on any atom is 0.261 e. The van der Waals surface area contributed by atoms with Gasteiger partial charge in [0.15, 0.2) is 0 Å². The summed E-state index contributed by atoms with van der Waals surface area (Å²) in [6.45, 7) is 0. The molecule has 2 unspecified atom stereocenters. The molecule has 1 aliphatic rings. The molecule has 0 saturated heterocycles. The lowest BCUT2D eigenvalue weighted by molar-refractivity contribution is -0.119. The molecule has 0 aromatic heterocycles. The molecule has 0 aliphatic heterocycles. The summed E-state index contributed by atoms with van der Waals surface area (Å²) in [7, 11) is -3.66. The molecule has 140 valence electrons. The van der Waals surface area contributed by atoms with E-state index in [9.17, 15) is 13.2 Å². The maximum atomic E-state index is 12.4. The second-order valence-corrected chi connectivity index (χ2v) is 7.94. The summed E-state index contributed by atoms with van der Waals surface area (Å²) in [5.41, 5.74) is 6.80. The van der Waals surface area contributed by atoms with Crippen molar-refractivity contribution >= 4 is 39.7 Å². The number of carbonyl (C=O) groups is 1. The van der Waals surface area contributed by atoms with Crippen LogP contribution in [0, 0.1) is 5.92 Å². The van der Waals surface area contributed by atoms with Crippen molar-refractivity contribution in [1.82, 2.24) is 0 Å². The Bertz CT molecular complexity index is 859. The molecule has 6 nitrogen and oxygen atoms in total. The van der Waals surface area contributed by atoms with Gasteiger partial charge in [0, 0.05) is 17.6 Å². The quantitative estimate of drug-likeness (QED) is 0.724. The van der Waals surface area contributed by atoms with Gasteiger partial charge in [-0.1, -0.05) is 24.3 Å². The summed E-state index contributed by atoms with van der Waals surface area (Å²) in [5.74, 6) is -0.157. The van der Waals surface area contributed by atoms with Crippen LogP contribution >= 0.6 is 12.4 Å². The molecule has 2 aromatic rings. The Kier molecular flexibility index (Phi) is 6.63. The first-order valence-electron chi connectivity index (χ1n) is 8.18. The number of hydrogen-bond acceptors (Lipinski definition) is 4. The van der Waals surface area contributed by atoms with E-state index in [4.69, 9.17) is 5.73 Å². The number of nitrogens with two attached hydrogens (primary N) is 1. The molecular weight excluding hydrogens is 374 g/mol. The van der Waals surface area contributed by atoms with Gasteiger partial charge in [-0.2, -0.15) is 0 Å².